The maximum Gasteiger partial charge on any atom is 0.338 e. The lowest BCUT2D eigenvalue weighted by molar-refractivity contribution is 0.0498. The van der Waals surface area contributed by atoms with Gasteiger partial charge in [-0.15, -0.1) is 0 Å². The molecule has 2 aromatic carbocycles. The van der Waals surface area contributed by atoms with Crippen LogP contribution in [0.25, 0.3) is 0 Å². The van der Waals surface area contributed by atoms with E-state index in [0.717, 1.165) is 11.6 Å². The lowest BCUT2D eigenvalue weighted by Gasteiger charge is -2.06. The van der Waals surface area contributed by atoms with Crippen LogP contribution in [0.1, 0.15) is 34.3 Å². The predicted molar refractivity (Wildman–Crippen MR) is 80.8 cm³/mol. The van der Waals surface area contributed by atoms with Crippen LogP contribution >= 0.6 is 0 Å². The summed E-state index contributed by atoms with van der Waals surface area (Å²) in [5.41, 5.74) is 2.08. The first-order valence-corrected chi connectivity index (χ1v) is 7.24. The van der Waals surface area contributed by atoms with Gasteiger partial charge < -0.3 is 4.74 Å². The molecule has 2 nitrogen and oxygen atoms in total. The lowest BCUT2D eigenvalue weighted by atomic mass is 10.1. The fourth-order valence-electron chi connectivity index (χ4n) is 2.08. The summed E-state index contributed by atoms with van der Waals surface area (Å²) in [6.45, 7) is 2.24. The third-order valence-electron chi connectivity index (χ3n) is 3.38. The maximum absolute atomic E-state index is 13.4. The Morgan fingerprint density at radius 3 is 2.45 bits per heavy atom. The zero-order chi connectivity index (χ0) is 15.9. The van der Waals surface area contributed by atoms with E-state index >= 15 is 0 Å². The molecule has 0 aliphatic carbocycles. The molecule has 2 rings (SSSR count). The van der Waals surface area contributed by atoms with Gasteiger partial charge >= 0.3 is 5.97 Å². The molecule has 0 saturated heterocycles. The van der Waals surface area contributed by atoms with Crippen LogP contribution in [0.5, 0.6) is 0 Å². The van der Waals surface area contributed by atoms with Gasteiger partial charge in [-0.25, -0.2) is 13.6 Å². The molecule has 0 bridgehead atoms. The summed E-state index contributed by atoms with van der Waals surface area (Å²) in [5.74, 6) is -1.46. The topological polar surface area (TPSA) is 26.3 Å². The number of unbranched alkanes of at least 4 members (excludes halogenated alkanes) is 1. The maximum atomic E-state index is 13.4. The van der Waals surface area contributed by atoms with E-state index in [9.17, 15) is 13.6 Å². The molecule has 0 unspecified atom stereocenters. The van der Waals surface area contributed by atoms with Crippen molar-refractivity contribution < 1.29 is 18.3 Å². The number of aryl methyl sites for hydroxylation is 2. The second-order valence-corrected chi connectivity index (χ2v) is 5.19. The Hall–Kier alpha value is -2.23. The first-order chi connectivity index (χ1) is 10.6. The third kappa shape index (κ3) is 4.65. The number of ether oxygens (including phenoxy) is 1. The molecule has 0 aromatic heterocycles. The summed E-state index contributed by atoms with van der Waals surface area (Å²) in [6.07, 6.45) is 1.80. The molecule has 4 heteroatoms. The fourth-order valence-corrected chi connectivity index (χ4v) is 2.08. The van der Waals surface area contributed by atoms with Gasteiger partial charge in [0.1, 0.15) is 11.6 Å². The van der Waals surface area contributed by atoms with E-state index in [1.807, 2.05) is 19.1 Å². The van der Waals surface area contributed by atoms with E-state index in [4.69, 9.17) is 4.74 Å². The van der Waals surface area contributed by atoms with E-state index in [2.05, 4.69) is 0 Å². The zero-order valence-electron chi connectivity index (χ0n) is 12.4. The highest BCUT2D eigenvalue weighted by atomic mass is 19.1. The molecule has 0 amide bonds. The first-order valence-electron chi connectivity index (χ1n) is 7.24. The molecule has 0 saturated carbocycles. The molecule has 116 valence electrons. The van der Waals surface area contributed by atoms with Crippen LogP contribution in [0, 0.1) is 18.6 Å². The van der Waals surface area contributed by atoms with Crippen molar-refractivity contribution in [1.29, 1.82) is 0 Å². The van der Waals surface area contributed by atoms with Crippen molar-refractivity contribution in [3.05, 3.63) is 70.8 Å². The Balaban J connectivity index is 1.71. The van der Waals surface area contributed by atoms with Crippen molar-refractivity contribution >= 4 is 5.97 Å². The van der Waals surface area contributed by atoms with Crippen LogP contribution in [-0.4, -0.2) is 12.6 Å². The first kappa shape index (κ1) is 16.1. The molecular weight excluding hydrogens is 286 g/mol. The van der Waals surface area contributed by atoms with Crippen molar-refractivity contribution in [2.45, 2.75) is 26.2 Å². The summed E-state index contributed by atoms with van der Waals surface area (Å²) >= 11 is 0. The number of esters is 1. The van der Waals surface area contributed by atoms with Crippen molar-refractivity contribution in [2.24, 2.45) is 0 Å². The van der Waals surface area contributed by atoms with Gasteiger partial charge in [0.25, 0.3) is 0 Å². The summed E-state index contributed by atoms with van der Waals surface area (Å²) in [4.78, 5) is 11.8. The number of carbonyl (C=O) groups is 1. The summed E-state index contributed by atoms with van der Waals surface area (Å²) < 4.78 is 31.3. The van der Waals surface area contributed by atoms with Gasteiger partial charge in [0.2, 0.25) is 0 Å². The van der Waals surface area contributed by atoms with Crippen molar-refractivity contribution in [3.63, 3.8) is 0 Å². The molecule has 0 atom stereocenters. The number of rotatable bonds is 6. The molecule has 0 fully saturated rings. The smallest absolute Gasteiger partial charge is 0.338 e. The second-order valence-electron chi connectivity index (χ2n) is 5.19. The number of hydrogen-bond acceptors (Lipinski definition) is 2. The minimum absolute atomic E-state index is 0.287. The second kappa shape index (κ2) is 7.69. The van der Waals surface area contributed by atoms with Crippen LogP contribution in [-0.2, 0) is 11.2 Å². The van der Waals surface area contributed by atoms with Crippen molar-refractivity contribution in [2.75, 3.05) is 6.61 Å². The van der Waals surface area contributed by atoms with E-state index in [0.29, 0.717) is 30.4 Å². The Morgan fingerprint density at radius 2 is 1.77 bits per heavy atom. The Bertz CT molecular complexity index is 636. The largest absolute Gasteiger partial charge is 0.462 e. The molecule has 0 aliphatic heterocycles. The Morgan fingerprint density at radius 1 is 1.05 bits per heavy atom. The SMILES string of the molecule is Cc1ccc(C(=O)OCCCCc2ccc(F)cc2F)cc1. The van der Waals surface area contributed by atoms with Gasteiger partial charge in [0.15, 0.2) is 0 Å². The minimum Gasteiger partial charge on any atom is -0.462 e. The average molecular weight is 304 g/mol. The highest BCUT2D eigenvalue weighted by Crippen LogP contribution is 2.12. The van der Waals surface area contributed by atoms with Gasteiger partial charge in [-0.2, -0.15) is 0 Å². The molecule has 22 heavy (non-hydrogen) atoms. The number of carbonyl (C=O) groups excluding carboxylic acids is 1. The minimum atomic E-state index is -0.576. The number of halogens is 2. The van der Waals surface area contributed by atoms with Crippen LogP contribution in [0.4, 0.5) is 8.78 Å². The highest BCUT2D eigenvalue weighted by molar-refractivity contribution is 5.89. The molecular formula is C18H18F2O2. The third-order valence-corrected chi connectivity index (χ3v) is 3.38. The normalized spacial score (nSPS) is 10.5. The van der Waals surface area contributed by atoms with Crippen molar-refractivity contribution in [1.82, 2.24) is 0 Å². The standard InChI is InChI=1S/C18H18F2O2/c1-13-5-7-15(8-6-13)18(21)22-11-3-2-4-14-9-10-16(19)12-17(14)20/h5-10,12H,2-4,11H2,1H3. The molecule has 0 heterocycles. The van der Waals surface area contributed by atoms with Crippen LogP contribution in [0.3, 0.4) is 0 Å². The van der Waals surface area contributed by atoms with Crippen LogP contribution in [0.15, 0.2) is 42.5 Å². The number of benzene rings is 2. The van der Waals surface area contributed by atoms with E-state index in [1.54, 1.807) is 12.1 Å². The highest BCUT2D eigenvalue weighted by Gasteiger charge is 2.07. The predicted octanol–water partition coefficient (Wildman–Crippen LogP) is 4.45. The van der Waals surface area contributed by atoms with Gasteiger partial charge in [-0.05, 0) is 49.9 Å². The molecule has 0 radical (unpaired) electrons. The van der Waals surface area contributed by atoms with E-state index < -0.39 is 11.6 Å². The Labute approximate surface area is 128 Å². The van der Waals surface area contributed by atoms with E-state index in [1.165, 1.54) is 12.1 Å². The van der Waals surface area contributed by atoms with Gasteiger partial charge in [-0.1, -0.05) is 23.8 Å². The van der Waals surface area contributed by atoms with Crippen LogP contribution in [0.2, 0.25) is 0 Å². The van der Waals surface area contributed by atoms with Gasteiger partial charge in [0, 0.05) is 6.07 Å². The summed E-state index contributed by atoms with van der Waals surface area (Å²) in [5, 5.41) is 0. The van der Waals surface area contributed by atoms with Gasteiger partial charge in [-0.3, -0.25) is 0 Å². The molecule has 2 aromatic rings. The van der Waals surface area contributed by atoms with Crippen molar-refractivity contribution in [3.8, 4) is 0 Å². The molecule has 0 N–H and O–H groups in total. The Kier molecular flexibility index (Phi) is 5.64. The monoisotopic (exact) mass is 304 g/mol. The lowest BCUT2D eigenvalue weighted by Crippen LogP contribution is -2.06. The average Bonchev–Trinajstić information content (AvgIpc) is 2.49. The zero-order valence-corrected chi connectivity index (χ0v) is 12.4. The van der Waals surface area contributed by atoms with E-state index in [-0.39, 0.29) is 12.6 Å². The summed E-state index contributed by atoms with van der Waals surface area (Å²) in [7, 11) is 0. The van der Waals surface area contributed by atoms with Crippen LogP contribution < -0.4 is 0 Å². The quantitative estimate of drug-likeness (QED) is 0.582. The molecule has 0 aliphatic rings. The van der Waals surface area contributed by atoms with Gasteiger partial charge in [0.05, 0.1) is 12.2 Å². The fraction of sp³-hybridized carbons (Fsp3) is 0.278. The summed E-state index contributed by atoms with van der Waals surface area (Å²) in [6, 6.07) is 10.7. The number of hydrogen-bond donors (Lipinski definition) is 0. The molecule has 0 spiro atoms.